The van der Waals surface area contributed by atoms with Crippen LogP contribution in [-0.2, 0) is 19.6 Å². The van der Waals surface area contributed by atoms with Crippen molar-refractivity contribution < 1.29 is 22.4 Å². The molecule has 7 nitrogen and oxygen atoms in total. The first kappa shape index (κ1) is 17.6. The Morgan fingerprint density at radius 1 is 1.23 bits per heavy atom. The van der Waals surface area contributed by atoms with Crippen LogP contribution < -0.4 is 5.32 Å². The second-order valence-electron chi connectivity index (χ2n) is 5.44. The largest absolute Gasteiger partial charge is 0.435 e. The van der Waals surface area contributed by atoms with Crippen molar-refractivity contribution in [2.75, 3.05) is 6.54 Å². The SMILES string of the molecule is Cn1cc(C(=O)NCCc2nnc(-c3ccccc3)o2)c(C(F)(F)F)n1. The van der Waals surface area contributed by atoms with Crippen LogP contribution in [0.5, 0.6) is 0 Å². The highest BCUT2D eigenvalue weighted by Gasteiger charge is 2.38. The normalized spacial score (nSPS) is 11.5. The van der Waals surface area contributed by atoms with Crippen molar-refractivity contribution in [1.82, 2.24) is 25.3 Å². The highest BCUT2D eigenvalue weighted by Crippen LogP contribution is 2.30. The van der Waals surface area contributed by atoms with Crippen molar-refractivity contribution in [3.63, 3.8) is 0 Å². The molecular weight excluding hydrogens is 351 g/mol. The zero-order chi connectivity index (χ0) is 18.7. The number of alkyl halides is 3. The number of hydrogen-bond donors (Lipinski definition) is 1. The summed E-state index contributed by atoms with van der Waals surface area (Å²) in [7, 11) is 1.32. The first-order valence-electron chi connectivity index (χ1n) is 7.61. The number of nitrogens with zero attached hydrogens (tertiary/aromatic N) is 4. The molecular formula is C16H14F3N5O2. The van der Waals surface area contributed by atoms with E-state index in [1.807, 2.05) is 18.2 Å². The smallest absolute Gasteiger partial charge is 0.421 e. The maximum Gasteiger partial charge on any atom is 0.435 e. The number of carbonyl (C=O) groups is 1. The van der Waals surface area contributed by atoms with Crippen molar-refractivity contribution >= 4 is 5.91 Å². The molecule has 0 bridgehead atoms. The van der Waals surface area contributed by atoms with Gasteiger partial charge in [0, 0.05) is 31.8 Å². The van der Waals surface area contributed by atoms with Crippen molar-refractivity contribution in [3.05, 3.63) is 53.7 Å². The minimum Gasteiger partial charge on any atom is -0.421 e. The number of aryl methyl sites for hydroxylation is 1. The molecule has 3 rings (SSSR count). The highest BCUT2D eigenvalue weighted by molar-refractivity contribution is 5.95. The van der Waals surface area contributed by atoms with Crippen LogP contribution in [-0.4, -0.2) is 32.4 Å². The first-order valence-corrected chi connectivity index (χ1v) is 7.61. The van der Waals surface area contributed by atoms with Gasteiger partial charge in [0.05, 0.1) is 5.56 Å². The summed E-state index contributed by atoms with van der Waals surface area (Å²) < 4.78 is 45.1. The lowest BCUT2D eigenvalue weighted by atomic mass is 10.2. The van der Waals surface area contributed by atoms with Crippen molar-refractivity contribution in [1.29, 1.82) is 0 Å². The number of amides is 1. The maximum absolute atomic E-state index is 12.9. The van der Waals surface area contributed by atoms with Gasteiger partial charge in [0.1, 0.15) is 0 Å². The number of benzene rings is 1. The Morgan fingerprint density at radius 3 is 2.65 bits per heavy atom. The fourth-order valence-electron chi connectivity index (χ4n) is 2.29. The molecule has 0 aliphatic heterocycles. The molecule has 2 heterocycles. The molecule has 0 radical (unpaired) electrons. The van der Waals surface area contributed by atoms with E-state index >= 15 is 0 Å². The molecule has 0 spiro atoms. The fraction of sp³-hybridized carbons (Fsp3) is 0.250. The van der Waals surface area contributed by atoms with Crippen molar-refractivity contribution in [2.45, 2.75) is 12.6 Å². The predicted octanol–water partition coefficient (Wildman–Crippen LogP) is 2.46. The van der Waals surface area contributed by atoms with E-state index in [2.05, 4.69) is 20.6 Å². The Labute approximate surface area is 145 Å². The van der Waals surface area contributed by atoms with Gasteiger partial charge in [-0.3, -0.25) is 9.48 Å². The summed E-state index contributed by atoms with van der Waals surface area (Å²) in [4.78, 5) is 12.0. The number of hydrogen-bond acceptors (Lipinski definition) is 5. The van der Waals surface area contributed by atoms with E-state index in [9.17, 15) is 18.0 Å². The maximum atomic E-state index is 12.9. The lowest BCUT2D eigenvalue weighted by Gasteiger charge is -2.06. The second kappa shape index (κ2) is 6.98. The van der Waals surface area contributed by atoms with Gasteiger partial charge >= 0.3 is 6.18 Å². The number of halogens is 3. The van der Waals surface area contributed by atoms with E-state index < -0.39 is 23.3 Å². The second-order valence-corrected chi connectivity index (χ2v) is 5.44. The Hall–Kier alpha value is -3.17. The van der Waals surface area contributed by atoms with Crippen LogP contribution in [0.15, 0.2) is 40.9 Å². The van der Waals surface area contributed by atoms with Gasteiger partial charge in [-0.15, -0.1) is 10.2 Å². The molecule has 1 aromatic carbocycles. The van der Waals surface area contributed by atoms with Crippen LogP contribution in [0.25, 0.3) is 11.5 Å². The lowest BCUT2D eigenvalue weighted by molar-refractivity contribution is -0.141. The van der Waals surface area contributed by atoms with Crippen molar-refractivity contribution in [3.8, 4) is 11.5 Å². The minimum absolute atomic E-state index is 0.0431. The molecule has 2 aromatic heterocycles. The lowest BCUT2D eigenvalue weighted by Crippen LogP contribution is -2.27. The molecule has 0 aliphatic carbocycles. The number of nitrogens with one attached hydrogen (secondary N) is 1. The molecule has 0 atom stereocenters. The predicted molar refractivity (Wildman–Crippen MR) is 84.0 cm³/mol. The van der Waals surface area contributed by atoms with E-state index in [-0.39, 0.29) is 18.9 Å². The Kier molecular flexibility index (Phi) is 4.74. The summed E-state index contributed by atoms with van der Waals surface area (Å²) in [6.07, 6.45) is -3.49. The molecule has 1 N–H and O–H groups in total. The summed E-state index contributed by atoms with van der Waals surface area (Å²) >= 11 is 0. The van der Waals surface area contributed by atoms with E-state index in [1.165, 1.54) is 7.05 Å². The van der Waals surface area contributed by atoms with Crippen LogP contribution in [0.3, 0.4) is 0 Å². The van der Waals surface area contributed by atoms with Gasteiger partial charge < -0.3 is 9.73 Å². The third-order valence-corrected chi connectivity index (χ3v) is 3.45. The molecule has 136 valence electrons. The van der Waals surface area contributed by atoms with Gasteiger partial charge in [-0.1, -0.05) is 18.2 Å². The van der Waals surface area contributed by atoms with Crippen LogP contribution in [0, 0.1) is 0 Å². The monoisotopic (exact) mass is 365 g/mol. The van der Waals surface area contributed by atoms with Crippen LogP contribution in [0.1, 0.15) is 21.9 Å². The van der Waals surface area contributed by atoms with Gasteiger partial charge in [0.2, 0.25) is 11.8 Å². The van der Waals surface area contributed by atoms with Crippen LogP contribution in [0.2, 0.25) is 0 Å². The van der Waals surface area contributed by atoms with Gasteiger partial charge in [-0.25, -0.2) is 0 Å². The quantitative estimate of drug-likeness (QED) is 0.751. The minimum atomic E-state index is -4.70. The molecule has 10 heteroatoms. The zero-order valence-electron chi connectivity index (χ0n) is 13.6. The topological polar surface area (TPSA) is 85.8 Å². The fourth-order valence-corrected chi connectivity index (χ4v) is 2.29. The van der Waals surface area contributed by atoms with Crippen LogP contribution in [0.4, 0.5) is 13.2 Å². The summed E-state index contributed by atoms with van der Waals surface area (Å²) in [6.45, 7) is 0.0431. The highest BCUT2D eigenvalue weighted by atomic mass is 19.4. The molecule has 26 heavy (non-hydrogen) atoms. The van der Waals surface area contributed by atoms with Crippen LogP contribution >= 0.6 is 0 Å². The molecule has 0 fully saturated rings. The molecule has 0 saturated carbocycles. The summed E-state index contributed by atoms with van der Waals surface area (Å²) in [5, 5.41) is 13.5. The Morgan fingerprint density at radius 2 is 1.96 bits per heavy atom. The summed E-state index contributed by atoms with van der Waals surface area (Å²) in [5.41, 5.74) is -1.00. The third kappa shape index (κ3) is 3.90. The molecule has 0 saturated heterocycles. The van der Waals surface area contributed by atoms with E-state index in [4.69, 9.17) is 4.42 Å². The number of rotatable bonds is 5. The number of carbonyl (C=O) groups excluding carboxylic acids is 1. The summed E-state index contributed by atoms with van der Waals surface area (Å²) in [6, 6.07) is 9.11. The molecule has 0 aliphatic rings. The number of aromatic nitrogens is 4. The van der Waals surface area contributed by atoms with Gasteiger partial charge in [-0.05, 0) is 12.1 Å². The van der Waals surface area contributed by atoms with Gasteiger partial charge in [0.15, 0.2) is 5.69 Å². The first-order chi connectivity index (χ1) is 12.3. The van der Waals surface area contributed by atoms with E-state index in [0.29, 0.717) is 5.89 Å². The zero-order valence-corrected chi connectivity index (χ0v) is 13.6. The van der Waals surface area contributed by atoms with E-state index in [1.54, 1.807) is 12.1 Å². The average molecular weight is 365 g/mol. The third-order valence-electron chi connectivity index (χ3n) is 3.45. The van der Waals surface area contributed by atoms with Gasteiger partial charge in [-0.2, -0.15) is 18.3 Å². The van der Waals surface area contributed by atoms with Gasteiger partial charge in [0.25, 0.3) is 5.91 Å². The standard InChI is InChI=1S/C16H14F3N5O2/c1-24-9-11(13(23-24)16(17,18)19)14(25)20-8-7-12-21-22-15(26-12)10-5-3-2-4-6-10/h2-6,9H,7-8H2,1H3,(H,20,25). The van der Waals surface area contributed by atoms with Crippen molar-refractivity contribution in [2.24, 2.45) is 7.05 Å². The average Bonchev–Trinajstić information content (AvgIpc) is 3.22. The molecule has 3 aromatic rings. The molecule has 0 unspecified atom stereocenters. The van der Waals surface area contributed by atoms with E-state index in [0.717, 1.165) is 16.4 Å². The Bertz CT molecular complexity index is 902. The molecule has 1 amide bonds. The summed E-state index contributed by atoms with van der Waals surface area (Å²) in [5.74, 6) is -0.266. The Balaban J connectivity index is 1.61.